The highest BCUT2D eigenvalue weighted by molar-refractivity contribution is 8.00. The summed E-state index contributed by atoms with van der Waals surface area (Å²) in [7, 11) is 0. The molecule has 2 nitrogen and oxygen atoms in total. The molecule has 1 aliphatic heterocycles. The summed E-state index contributed by atoms with van der Waals surface area (Å²) in [5.41, 5.74) is 16.1. The van der Waals surface area contributed by atoms with Crippen molar-refractivity contribution < 1.29 is 0 Å². The first-order valence-electron chi connectivity index (χ1n) is 21.2. The van der Waals surface area contributed by atoms with E-state index >= 15 is 0 Å². The van der Waals surface area contributed by atoms with Gasteiger partial charge >= 0.3 is 0 Å². The van der Waals surface area contributed by atoms with Gasteiger partial charge in [-0.3, -0.25) is 0 Å². The molecule has 2 aliphatic rings. The number of aromatic nitrogens is 2. The lowest BCUT2D eigenvalue weighted by atomic mass is 9.65. The second kappa shape index (κ2) is 13.7. The van der Waals surface area contributed by atoms with E-state index in [1.54, 1.807) is 0 Å². The van der Waals surface area contributed by atoms with Gasteiger partial charge in [0.15, 0.2) is 5.82 Å². The molecule has 1 aromatic heterocycles. The zero-order valence-corrected chi connectivity index (χ0v) is 34.4. The van der Waals surface area contributed by atoms with Crippen LogP contribution in [0, 0.1) is 0 Å². The maximum atomic E-state index is 5.29. The van der Waals surface area contributed by atoms with Gasteiger partial charge in [0.1, 0.15) is 0 Å². The van der Waals surface area contributed by atoms with E-state index in [2.05, 4.69) is 212 Å². The first kappa shape index (κ1) is 35.2. The summed E-state index contributed by atoms with van der Waals surface area (Å²) in [5, 5.41) is 6.15. The van der Waals surface area contributed by atoms with Gasteiger partial charge in [-0.15, -0.1) is 0 Å². The highest BCUT2D eigenvalue weighted by Crippen LogP contribution is 2.65. The Labute approximate surface area is 364 Å². The minimum Gasteiger partial charge on any atom is -0.228 e. The minimum absolute atomic E-state index is 0.543. The van der Waals surface area contributed by atoms with Gasteiger partial charge in [-0.2, -0.15) is 0 Å². The Kier molecular flexibility index (Phi) is 7.79. The van der Waals surface area contributed by atoms with E-state index in [1.807, 2.05) is 17.8 Å². The van der Waals surface area contributed by atoms with Crippen LogP contribution in [0.15, 0.2) is 228 Å². The van der Waals surface area contributed by atoms with Crippen LogP contribution in [0.5, 0.6) is 0 Å². The summed E-state index contributed by atoms with van der Waals surface area (Å²) in [6.45, 7) is 0. The van der Waals surface area contributed by atoms with Crippen LogP contribution in [0.3, 0.4) is 0 Å². The molecule has 1 spiro atoms. The minimum atomic E-state index is -0.543. The van der Waals surface area contributed by atoms with Crippen LogP contribution in [-0.2, 0) is 5.41 Å². The monoisotopic (exact) mass is 804 g/mol. The van der Waals surface area contributed by atoms with Gasteiger partial charge < -0.3 is 0 Å². The molecule has 0 saturated heterocycles. The molecule has 13 rings (SSSR count). The molecule has 62 heavy (non-hydrogen) atoms. The van der Waals surface area contributed by atoms with Gasteiger partial charge in [-0.1, -0.05) is 224 Å². The standard InChI is InChI=1S/C59H36N2S/c1-2-13-37(14-3-1)38-25-31-43(32-26-38)58-60-53-24-11-9-20-49(53)55(61-58)42-29-27-41(28-30-42)44-21-12-22-48-47-19-8-10-23-50(47)59(54(44)48)51-35-33-39-15-4-6-17-45(39)56(51)62-57-46-18-7-5-16-40(46)34-36-52(57)59/h1-36H. The smallest absolute Gasteiger partial charge is 0.160 e. The van der Waals surface area contributed by atoms with Crippen LogP contribution in [0.2, 0.25) is 0 Å². The summed E-state index contributed by atoms with van der Waals surface area (Å²) in [4.78, 5) is 13.0. The van der Waals surface area contributed by atoms with Crippen LogP contribution in [-0.4, -0.2) is 9.97 Å². The number of fused-ring (bicyclic) bond motifs is 14. The predicted molar refractivity (Wildman–Crippen MR) is 258 cm³/mol. The molecule has 0 unspecified atom stereocenters. The highest BCUT2D eigenvalue weighted by atomic mass is 32.2. The molecule has 0 fully saturated rings. The molecule has 0 atom stereocenters. The highest BCUT2D eigenvalue weighted by Gasteiger charge is 2.52. The van der Waals surface area contributed by atoms with Crippen molar-refractivity contribution in [2.45, 2.75) is 15.2 Å². The first-order valence-corrected chi connectivity index (χ1v) is 22.0. The molecule has 10 aromatic carbocycles. The first-order chi connectivity index (χ1) is 30.7. The molecule has 2 heterocycles. The summed E-state index contributed by atoms with van der Waals surface area (Å²) in [5.74, 6) is 0.718. The molecule has 288 valence electrons. The average molecular weight is 805 g/mol. The maximum absolute atomic E-state index is 5.29. The molecule has 0 N–H and O–H groups in total. The number of hydrogen-bond donors (Lipinski definition) is 0. The molecule has 0 saturated carbocycles. The van der Waals surface area contributed by atoms with Crippen molar-refractivity contribution in [2.75, 3.05) is 0 Å². The third-order valence-electron chi connectivity index (χ3n) is 13.2. The molecular weight excluding hydrogens is 769 g/mol. The molecule has 0 amide bonds. The lowest BCUT2D eigenvalue weighted by molar-refractivity contribution is 0.731. The molecule has 3 heteroatoms. The van der Waals surface area contributed by atoms with Crippen LogP contribution in [0.1, 0.15) is 22.3 Å². The summed E-state index contributed by atoms with van der Waals surface area (Å²) in [6, 6.07) is 79.8. The summed E-state index contributed by atoms with van der Waals surface area (Å²) < 4.78 is 0. The van der Waals surface area contributed by atoms with Gasteiger partial charge in [0.05, 0.1) is 16.6 Å². The molecule has 1 aliphatic carbocycles. The number of nitrogens with zero attached hydrogens (tertiary/aromatic N) is 2. The normalized spacial score (nSPS) is 13.2. The van der Waals surface area contributed by atoms with Gasteiger partial charge in [-0.25, -0.2) is 9.97 Å². The number of para-hydroxylation sites is 1. The number of rotatable bonds is 4. The van der Waals surface area contributed by atoms with Crippen molar-refractivity contribution in [3.8, 4) is 56.0 Å². The van der Waals surface area contributed by atoms with Crippen LogP contribution < -0.4 is 0 Å². The molecular formula is C59H36N2S. The van der Waals surface area contributed by atoms with E-state index in [-0.39, 0.29) is 0 Å². The Bertz CT molecular complexity index is 3510. The van der Waals surface area contributed by atoms with Gasteiger partial charge in [0, 0.05) is 26.3 Å². The fourth-order valence-electron chi connectivity index (χ4n) is 10.4. The summed E-state index contributed by atoms with van der Waals surface area (Å²) in [6.07, 6.45) is 0. The molecule has 11 aromatic rings. The largest absolute Gasteiger partial charge is 0.228 e. The maximum Gasteiger partial charge on any atom is 0.160 e. The zero-order valence-electron chi connectivity index (χ0n) is 33.6. The van der Waals surface area contributed by atoms with E-state index in [0.717, 1.165) is 33.5 Å². The van der Waals surface area contributed by atoms with Crippen LogP contribution in [0.4, 0.5) is 0 Å². The van der Waals surface area contributed by atoms with E-state index in [4.69, 9.17) is 9.97 Å². The summed E-state index contributed by atoms with van der Waals surface area (Å²) >= 11 is 1.94. The van der Waals surface area contributed by atoms with E-state index in [1.165, 1.54) is 87.0 Å². The lowest BCUT2D eigenvalue weighted by Crippen LogP contribution is -2.32. The van der Waals surface area contributed by atoms with Crippen LogP contribution in [0.25, 0.3) is 88.5 Å². The zero-order chi connectivity index (χ0) is 40.8. The van der Waals surface area contributed by atoms with Gasteiger partial charge in [0.2, 0.25) is 0 Å². The number of benzene rings is 10. The lowest BCUT2D eigenvalue weighted by Gasteiger charge is -2.41. The van der Waals surface area contributed by atoms with Crippen molar-refractivity contribution >= 4 is 44.2 Å². The Hall–Kier alpha value is -7.59. The van der Waals surface area contributed by atoms with Crippen molar-refractivity contribution in [1.82, 2.24) is 9.97 Å². The Balaban J connectivity index is 1.01. The van der Waals surface area contributed by atoms with E-state index in [0.29, 0.717) is 0 Å². The predicted octanol–water partition coefficient (Wildman–Crippen LogP) is 15.4. The third kappa shape index (κ3) is 5.12. The second-order valence-electron chi connectivity index (χ2n) is 16.4. The van der Waals surface area contributed by atoms with Crippen molar-refractivity contribution in [2.24, 2.45) is 0 Å². The Morgan fingerprint density at radius 2 is 0.855 bits per heavy atom. The molecule has 0 bridgehead atoms. The van der Waals surface area contributed by atoms with Gasteiger partial charge in [0.25, 0.3) is 0 Å². The van der Waals surface area contributed by atoms with E-state index < -0.39 is 5.41 Å². The average Bonchev–Trinajstić information content (AvgIpc) is 3.64. The SMILES string of the molecule is c1ccc(-c2ccc(-c3nc(-c4ccc(-c5cccc6c5C5(c7ccccc7-6)c6ccc7ccccc7c6Sc6c5ccc5ccccc65)cc4)c4ccccc4n3)cc2)cc1. The fourth-order valence-corrected chi connectivity index (χ4v) is 11.8. The van der Waals surface area contributed by atoms with Crippen LogP contribution >= 0.6 is 11.8 Å². The molecule has 0 radical (unpaired) electrons. The fraction of sp³-hybridized carbons (Fsp3) is 0.0169. The van der Waals surface area contributed by atoms with Crippen molar-refractivity contribution in [1.29, 1.82) is 0 Å². The topological polar surface area (TPSA) is 25.8 Å². The Morgan fingerprint density at radius 1 is 0.323 bits per heavy atom. The quantitative estimate of drug-likeness (QED) is 0.177. The van der Waals surface area contributed by atoms with E-state index in [9.17, 15) is 0 Å². The van der Waals surface area contributed by atoms with Crippen molar-refractivity contribution in [3.05, 3.63) is 241 Å². The second-order valence-corrected chi connectivity index (χ2v) is 17.4. The van der Waals surface area contributed by atoms with Gasteiger partial charge in [-0.05, 0) is 83.2 Å². The van der Waals surface area contributed by atoms with Crippen molar-refractivity contribution in [3.63, 3.8) is 0 Å². The number of hydrogen-bond acceptors (Lipinski definition) is 3. The Morgan fingerprint density at radius 3 is 1.58 bits per heavy atom. The third-order valence-corrected chi connectivity index (χ3v) is 14.4.